The van der Waals surface area contributed by atoms with Crippen LogP contribution in [0.25, 0.3) is 0 Å². The number of amides is 1. The van der Waals surface area contributed by atoms with Gasteiger partial charge in [0, 0.05) is 12.6 Å². The van der Waals surface area contributed by atoms with E-state index in [1.54, 1.807) is 6.07 Å². The maximum atomic E-state index is 11.5. The Balaban J connectivity index is 3.19. The first-order valence-electron chi connectivity index (χ1n) is 4.82. The van der Waals surface area contributed by atoms with Crippen LogP contribution in [0.15, 0.2) is 18.2 Å². The predicted octanol–water partition coefficient (Wildman–Crippen LogP) is 2.82. The Morgan fingerprint density at radius 3 is 2.29 bits per heavy atom. The highest BCUT2D eigenvalue weighted by Crippen LogP contribution is 2.28. The molecule has 1 N–H and O–H groups in total. The second kappa shape index (κ2) is 5.38. The monoisotopic (exact) mass is 275 g/mol. The minimum atomic E-state index is -1.09. The number of hydrogen-bond acceptors (Lipinski definition) is 2. The number of aliphatic carboxylic acids is 1. The molecule has 0 bridgehead atoms. The molecular formula is C11H11Cl2NO3. The fourth-order valence-corrected chi connectivity index (χ4v) is 1.72. The lowest BCUT2D eigenvalue weighted by Crippen LogP contribution is -2.42. The van der Waals surface area contributed by atoms with Gasteiger partial charge in [-0.1, -0.05) is 23.2 Å². The third-order valence-corrected chi connectivity index (χ3v) is 3.00. The van der Waals surface area contributed by atoms with Crippen LogP contribution in [0, 0.1) is 0 Å². The van der Waals surface area contributed by atoms with Gasteiger partial charge in [0.05, 0.1) is 10.0 Å². The van der Waals surface area contributed by atoms with Crippen molar-refractivity contribution in [2.75, 3.05) is 4.90 Å². The molecule has 0 aliphatic rings. The van der Waals surface area contributed by atoms with E-state index < -0.39 is 12.0 Å². The summed E-state index contributed by atoms with van der Waals surface area (Å²) < 4.78 is 0. The van der Waals surface area contributed by atoms with Gasteiger partial charge in [-0.15, -0.1) is 0 Å². The number of anilines is 1. The Morgan fingerprint density at radius 1 is 1.29 bits per heavy atom. The van der Waals surface area contributed by atoms with Crippen LogP contribution in [0.4, 0.5) is 5.69 Å². The van der Waals surface area contributed by atoms with E-state index in [-0.39, 0.29) is 10.9 Å². The van der Waals surface area contributed by atoms with Gasteiger partial charge in [0.1, 0.15) is 6.04 Å². The fraction of sp³-hybridized carbons (Fsp3) is 0.273. The molecule has 0 radical (unpaired) electrons. The Morgan fingerprint density at radius 2 is 1.88 bits per heavy atom. The summed E-state index contributed by atoms with van der Waals surface area (Å²) in [5.41, 5.74) is 0.404. The second-order valence-corrected chi connectivity index (χ2v) is 4.32. The summed E-state index contributed by atoms with van der Waals surface area (Å²) in [7, 11) is 0. The zero-order valence-corrected chi connectivity index (χ0v) is 10.8. The molecule has 0 heterocycles. The number of halogens is 2. The molecule has 0 aromatic heterocycles. The largest absolute Gasteiger partial charge is 0.480 e. The molecule has 1 aromatic rings. The van der Waals surface area contributed by atoms with Crippen molar-refractivity contribution in [1.29, 1.82) is 0 Å². The molecular weight excluding hydrogens is 265 g/mol. The van der Waals surface area contributed by atoms with Gasteiger partial charge >= 0.3 is 5.97 Å². The third kappa shape index (κ3) is 3.11. The molecule has 0 aliphatic carbocycles. The van der Waals surface area contributed by atoms with E-state index in [1.807, 2.05) is 0 Å². The summed E-state index contributed by atoms with van der Waals surface area (Å²) in [5.74, 6) is -1.47. The standard InChI is InChI=1S/C11H11Cl2NO3/c1-6(11(16)17)14(7(2)15)8-3-4-9(12)10(13)5-8/h3-6H,1-2H3,(H,16,17). The number of nitrogens with zero attached hydrogens (tertiary/aromatic N) is 1. The normalized spacial score (nSPS) is 12.0. The lowest BCUT2D eigenvalue weighted by Gasteiger charge is -2.25. The van der Waals surface area contributed by atoms with E-state index in [0.717, 1.165) is 4.90 Å². The van der Waals surface area contributed by atoms with Gasteiger partial charge in [-0.25, -0.2) is 4.79 Å². The Kier molecular flexibility index (Phi) is 4.37. The summed E-state index contributed by atoms with van der Waals surface area (Å²) in [6, 6.07) is 3.56. The number of rotatable bonds is 3. The van der Waals surface area contributed by atoms with Crippen molar-refractivity contribution < 1.29 is 14.7 Å². The van der Waals surface area contributed by atoms with Crippen LogP contribution < -0.4 is 4.90 Å². The van der Waals surface area contributed by atoms with Crippen LogP contribution in [-0.2, 0) is 9.59 Å². The van der Waals surface area contributed by atoms with Crippen LogP contribution >= 0.6 is 23.2 Å². The number of carbonyl (C=O) groups is 2. The van der Waals surface area contributed by atoms with Crippen molar-refractivity contribution in [2.45, 2.75) is 19.9 Å². The number of carbonyl (C=O) groups excluding carboxylic acids is 1. The summed E-state index contributed by atoms with van der Waals surface area (Å²) in [4.78, 5) is 23.5. The molecule has 1 amide bonds. The molecule has 1 aromatic carbocycles. The first-order valence-corrected chi connectivity index (χ1v) is 5.58. The van der Waals surface area contributed by atoms with Crippen molar-refractivity contribution in [2.24, 2.45) is 0 Å². The van der Waals surface area contributed by atoms with Crippen LogP contribution in [0.3, 0.4) is 0 Å². The average Bonchev–Trinajstić information content (AvgIpc) is 2.22. The number of carboxylic acid groups (broad SMARTS) is 1. The highest BCUT2D eigenvalue weighted by Gasteiger charge is 2.24. The SMILES string of the molecule is CC(=O)N(c1ccc(Cl)c(Cl)c1)C(C)C(=O)O. The Labute approximate surface area is 109 Å². The molecule has 1 rings (SSSR count). The zero-order chi connectivity index (χ0) is 13.2. The van der Waals surface area contributed by atoms with Crippen molar-refractivity contribution in [3.63, 3.8) is 0 Å². The smallest absolute Gasteiger partial charge is 0.326 e. The summed E-state index contributed by atoms with van der Waals surface area (Å²) in [5, 5.41) is 9.55. The molecule has 6 heteroatoms. The highest BCUT2D eigenvalue weighted by atomic mass is 35.5. The van der Waals surface area contributed by atoms with Crippen molar-refractivity contribution in [3.05, 3.63) is 28.2 Å². The summed E-state index contributed by atoms with van der Waals surface area (Å²) >= 11 is 11.6. The van der Waals surface area contributed by atoms with E-state index in [9.17, 15) is 9.59 Å². The van der Waals surface area contributed by atoms with Crippen LogP contribution in [0.2, 0.25) is 10.0 Å². The number of carboxylic acids is 1. The Bertz CT molecular complexity index is 462. The maximum absolute atomic E-state index is 11.5. The van der Waals surface area contributed by atoms with Gasteiger partial charge in [0.2, 0.25) is 5.91 Å². The van der Waals surface area contributed by atoms with Gasteiger partial charge < -0.3 is 5.11 Å². The molecule has 0 fully saturated rings. The molecule has 0 saturated carbocycles. The van der Waals surface area contributed by atoms with E-state index in [1.165, 1.54) is 26.0 Å². The van der Waals surface area contributed by atoms with Crippen LogP contribution in [-0.4, -0.2) is 23.0 Å². The zero-order valence-electron chi connectivity index (χ0n) is 9.28. The Hall–Kier alpha value is -1.26. The predicted molar refractivity (Wildman–Crippen MR) is 66.7 cm³/mol. The number of hydrogen-bond donors (Lipinski definition) is 1. The molecule has 0 aliphatic heterocycles. The highest BCUT2D eigenvalue weighted by molar-refractivity contribution is 6.42. The van der Waals surface area contributed by atoms with E-state index >= 15 is 0 Å². The minimum absolute atomic E-state index is 0.271. The quantitative estimate of drug-likeness (QED) is 0.923. The van der Waals surface area contributed by atoms with E-state index in [0.29, 0.717) is 10.7 Å². The summed E-state index contributed by atoms with van der Waals surface area (Å²) in [6.45, 7) is 2.72. The molecule has 1 atom stereocenters. The molecule has 1 unspecified atom stereocenters. The minimum Gasteiger partial charge on any atom is -0.480 e. The van der Waals surface area contributed by atoms with Crippen LogP contribution in [0.1, 0.15) is 13.8 Å². The third-order valence-electron chi connectivity index (χ3n) is 2.27. The van der Waals surface area contributed by atoms with Gasteiger partial charge in [-0.2, -0.15) is 0 Å². The van der Waals surface area contributed by atoms with E-state index in [4.69, 9.17) is 28.3 Å². The topological polar surface area (TPSA) is 57.6 Å². The second-order valence-electron chi connectivity index (χ2n) is 3.50. The van der Waals surface area contributed by atoms with Gasteiger partial charge in [0.15, 0.2) is 0 Å². The van der Waals surface area contributed by atoms with Crippen molar-refractivity contribution in [1.82, 2.24) is 0 Å². The van der Waals surface area contributed by atoms with Crippen LogP contribution in [0.5, 0.6) is 0 Å². The first-order chi connectivity index (χ1) is 7.84. The van der Waals surface area contributed by atoms with Crippen molar-refractivity contribution in [3.8, 4) is 0 Å². The molecule has 17 heavy (non-hydrogen) atoms. The van der Waals surface area contributed by atoms with Gasteiger partial charge in [-0.3, -0.25) is 9.69 Å². The molecule has 92 valence electrons. The molecule has 0 spiro atoms. The maximum Gasteiger partial charge on any atom is 0.326 e. The molecule has 0 saturated heterocycles. The number of benzene rings is 1. The van der Waals surface area contributed by atoms with Gasteiger partial charge in [0.25, 0.3) is 0 Å². The lowest BCUT2D eigenvalue weighted by atomic mass is 10.2. The first kappa shape index (κ1) is 13.8. The van der Waals surface area contributed by atoms with Gasteiger partial charge in [-0.05, 0) is 25.1 Å². The fourth-order valence-electron chi connectivity index (χ4n) is 1.42. The summed E-state index contributed by atoms with van der Waals surface area (Å²) in [6.07, 6.45) is 0. The van der Waals surface area contributed by atoms with Crippen molar-refractivity contribution >= 4 is 40.8 Å². The molecule has 4 nitrogen and oxygen atoms in total. The average molecular weight is 276 g/mol. The lowest BCUT2D eigenvalue weighted by molar-refractivity contribution is -0.139. The van der Waals surface area contributed by atoms with E-state index in [2.05, 4.69) is 0 Å².